The third-order valence-electron chi connectivity index (χ3n) is 7.57. The summed E-state index contributed by atoms with van der Waals surface area (Å²) in [6, 6.07) is 14.1. The molecule has 2 atom stereocenters. The standard InChI is InChI=1S/C29H38N4O2/c1-2-28(29-17-12-25(32-33-29)18-21-4-3-5-23(20-34)7-6-21)31-24-10-15-27(16-11-24)35-26-13-8-22(19-30)9-14-26/h2,8-9,12-14,17,21,23-24,27,31,34H,3-7,10-11,15-16,18,20H2,1H3/b28-2-. The molecule has 0 aliphatic heterocycles. The van der Waals surface area contributed by atoms with Crippen LogP contribution in [0.2, 0.25) is 0 Å². The summed E-state index contributed by atoms with van der Waals surface area (Å²) in [5, 5.41) is 31.2. The fourth-order valence-electron chi connectivity index (χ4n) is 5.40. The summed E-state index contributed by atoms with van der Waals surface area (Å²) in [6.07, 6.45) is 13.2. The van der Waals surface area contributed by atoms with Gasteiger partial charge in [0.05, 0.1) is 29.1 Å². The van der Waals surface area contributed by atoms with Crippen LogP contribution >= 0.6 is 0 Å². The topological polar surface area (TPSA) is 91.1 Å². The van der Waals surface area contributed by atoms with Gasteiger partial charge in [-0.1, -0.05) is 18.9 Å². The van der Waals surface area contributed by atoms with E-state index < -0.39 is 0 Å². The average Bonchev–Trinajstić information content (AvgIpc) is 3.14. The highest BCUT2D eigenvalue weighted by molar-refractivity contribution is 5.60. The zero-order valence-electron chi connectivity index (χ0n) is 20.8. The number of aliphatic hydroxyl groups excluding tert-OH is 1. The fraction of sp³-hybridized carbons (Fsp3) is 0.552. The first-order chi connectivity index (χ1) is 17.2. The zero-order valence-corrected chi connectivity index (χ0v) is 20.8. The van der Waals surface area contributed by atoms with Gasteiger partial charge in [0.2, 0.25) is 0 Å². The Morgan fingerprint density at radius 2 is 1.74 bits per heavy atom. The average molecular weight is 475 g/mol. The summed E-state index contributed by atoms with van der Waals surface area (Å²) in [6.45, 7) is 2.37. The van der Waals surface area contributed by atoms with Crippen molar-refractivity contribution in [2.45, 2.75) is 83.3 Å². The molecule has 4 rings (SSSR count). The van der Waals surface area contributed by atoms with Crippen molar-refractivity contribution in [3.05, 3.63) is 59.4 Å². The monoisotopic (exact) mass is 474 g/mol. The molecule has 2 N–H and O–H groups in total. The molecule has 35 heavy (non-hydrogen) atoms. The van der Waals surface area contributed by atoms with Gasteiger partial charge in [-0.3, -0.25) is 0 Å². The van der Waals surface area contributed by atoms with E-state index in [1.54, 1.807) is 12.1 Å². The number of aliphatic hydroxyl groups is 1. The minimum Gasteiger partial charge on any atom is -0.490 e. The van der Waals surface area contributed by atoms with Gasteiger partial charge in [0.25, 0.3) is 0 Å². The maximum absolute atomic E-state index is 9.46. The Kier molecular flexibility index (Phi) is 9.14. The molecule has 2 aromatic rings. The number of aromatic nitrogens is 2. The molecule has 0 spiro atoms. The molecule has 1 aromatic carbocycles. The van der Waals surface area contributed by atoms with E-state index in [1.165, 1.54) is 19.3 Å². The number of allylic oxidation sites excluding steroid dienone is 1. The number of nitrogens with zero attached hydrogens (tertiary/aromatic N) is 3. The van der Waals surface area contributed by atoms with Gasteiger partial charge >= 0.3 is 0 Å². The highest BCUT2D eigenvalue weighted by Crippen LogP contribution is 2.29. The van der Waals surface area contributed by atoms with Gasteiger partial charge in [0.15, 0.2) is 0 Å². The molecular weight excluding hydrogens is 436 g/mol. The first kappa shape index (κ1) is 25.2. The fourth-order valence-corrected chi connectivity index (χ4v) is 5.40. The molecule has 2 saturated carbocycles. The lowest BCUT2D eigenvalue weighted by atomic mass is 9.92. The molecule has 186 valence electrons. The van der Waals surface area contributed by atoms with Crippen LogP contribution in [-0.4, -0.2) is 34.1 Å². The smallest absolute Gasteiger partial charge is 0.119 e. The molecule has 2 fully saturated rings. The van der Waals surface area contributed by atoms with Crippen molar-refractivity contribution in [2.24, 2.45) is 11.8 Å². The zero-order chi connectivity index (χ0) is 24.5. The number of hydrogen-bond acceptors (Lipinski definition) is 6. The first-order valence-electron chi connectivity index (χ1n) is 13.2. The normalized spacial score (nSPS) is 25.3. The molecule has 1 heterocycles. The van der Waals surface area contributed by atoms with Crippen LogP contribution in [0, 0.1) is 23.2 Å². The third kappa shape index (κ3) is 7.29. The largest absolute Gasteiger partial charge is 0.490 e. The molecule has 0 saturated heterocycles. The van der Waals surface area contributed by atoms with Crippen molar-refractivity contribution in [3.63, 3.8) is 0 Å². The summed E-state index contributed by atoms with van der Waals surface area (Å²) < 4.78 is 6.13. The van der Waals surface area contributed by atoms with Crippen LogP contribution < -0.4 is 10.1 Å². The maximum Gasteiger partial charge on any atom is 0.119 e. The van der Waals surface area contributed by atoms with E-state index in [0.717, 1.165) is 67.8 Å². The summed E-state index contributed by atoms with van der Waals surface area (Å²) in [4.78, 5) is 0. The summed E-state index contributed by atoms with van der Waals surface area (Å²) in [5.41, 5.74) is 3.66. The second-order valence-electron chi connectivity index (χ2n) is 10.1. The Hall–Kier alpha value is -2.91. The second kappa shape index (κ2) is 12.7. The molecule has 6 nitrogen and oxygen atoms in total. The summed E-state index contributed by atoms with van der Waals surface area (Å²) in [5.74, 6) is 1.96. The van der Waals surface area contributed by atoms with Crippen molar-refractivity contribution in [1.82, 2.24) is 15.5 Å². The predicted molar refractivity (Wildman–Crippen MR) is 138 cm³/mol. The van der Waals surface area contributed by atoms with E-state index in [-0.39, 0.29) is 6.10 Å². The number of rotatable bonds is 8. The van der Waals surface area contributed by atoms with E-state index in [2.05, 4.69) is 39.8 Å². The van der Waals surface area contributed by atoms with Crippen LogP contribution in [0.5, 0.6) is 5.75 Å². The van der Waals surface area contributed by atoms with Gasteiger partial charge in [-0.25, -0.2) is 0 Å². The van der Waals surface area contributed by atoms with Crippen LogP contribution in [0.3, 0.4) is 0 Å². The van der Waals surface area contributed by atoms with Crippen LogP contribution in [0.1, 0.15) is 81.7 Å². The van der Waals surface area contributed by atoms with Gasteiger partial charge < -0.3 is 15.2 Å². The number of ether oxygens (including phenoxy) is 1. The maximum atomic E-state index is 9.46. The molecule has 2 aliphatic carbocycles. The van der Waals surface area contributed by atoms with Crippen molar-refractivity contribution in [2.75, 3.05) is 6.61 Å². The number of nitrogens with one attached hydrogen (secondary N) is 1. The van der Waals surface area contributed by atoms with Crippen molar-refractivity contribution >= 4 is 5.70 Å². The summed E-state index contributed by atoms with van der Waals surface area (Å²) in [7, 11) is 0. The van der Waals surface area contributed by atoms with Gasteiger partial charge in [-0.2, -0.15) is 10.4 Å². The van der Waals surface area contributed by atoms with Crippen LogP contribution in [0.15, 0.2) is 42.5 Å². The third-order valence-corrected chi connectivity index (χ3v) is 7.57. The van der Waals surface area contributed by atoms with E-state index in [4.69, 9.17) is 10.00 Å². The molecule has 0 bridgehead atoms. The van der Waals surface area contributed by atoms with Gasteiger partial charge in [-0.05, 0) is 107 Å². The van der Waals surface area contributed by atoms with Gasteiger partial charge in [-0.15, -0.1) is 5.10 Å². The van der Waals surface area contributed by atoms with E-state index in [1.807, 2.05) is 19.1 Å². The molecular formula is C29H38N4O2. The molecule has 1 aromatic heterocycles. The summed E-state index contributed by atoms with van der Waals surface area (Å²) >= 11 is 0. The van der Waals surface area contributed by atoms with Gasteiger partial charge in [0.1, 0.15) is 11.4 Å². The van der Waals surface area contributed by atoms with Crippen LogP contribution in [0.25, 0.3) is 5.70 Å². The van der Waals surface area contributed by atoms with Gasteiger partial charge in [0, 0.05) is 12.6 Å². The number of benzene rings is 1. The lowest BCUT2D eigenvalue weighted by molar-refractivity contribution is 0.143. The Balaban J connectivity index is 1.24. The minimum atomic E-state index is 0.214. The van der Waals surface area contributed by atoms with Crippen molar-refractivity contribution in [1.29, 1.82) is 5.26 Å². The van der Waals surface area contributed by atoms with Crippen LogP contribution in [-0.2, 0) is 6.42 Å². The number of nitriles is 1. The quantitative estimate of drug-likeness (QED) is 0.497. The van der Waals surface area contributed by atoms with E-state index in [0.29, 0.717) is 30.0 Å². The Morgan fingerprint density at radius 1 is 1.00 bits per heavy atom. The van der Waals surface area contributed by atoms with E-state index >= 15 is 0 Å². The first-order valence-corrected chi connectivity index (χ1v) is 13.2. The second-order valence-corrected chi connectivity index (χ2v) is 10.1. The molecule has 0 amide bonds. The lowest BCUT2D eigenvalue weighted by Crippen LogP contribution is -2.35. The number of hydrogen-bond donors (Lipinski definition) is 2. The highest BCUT2D eigenvalue weighted by atomic mass is 16.5. The van der Waals surface area contributed by atoms with Crippen molar-refractivity contribution < 1.29 is 9.84 Å². The Morgan fingerprint density at radius 3 is 2.40 bits per heavy atom. The molecule has 6 heteroatoms. The lowest BCUT2D eigenvalue weighted by Gasteiger charge is -2.30. The molecule has 2 aliphatic rings. The SMILES string of the molecule is C/C=C(\NC1CCC(Oc2ccc(C#N)cc2)CC1)c1ccc(CC2CCCC(CO)CC2)nn1. The predicted octanol–water partition coefficient (Wildman–Crippen LogP) is 5.42. The van der Waals surface area contributed by atoms with Crippen molar-refractivity contribution in [3.8, 4) is 11.8 Å². The van der Waals surface area contributed by atoms with Crippen LogP contribution in [0.4, 0.5) is 0 Å². The highest BCUT2D eigenvalue weighted by Gasteiger charge is 2.24. The van der Waals surface area contributed by atoms with E-state index in [9.17, 15) is 5.11 Å². The minimum absolute atomic E-state index is 0.214. The Labute approximate surface area is 209 Å². The molecule has 2 unspecified atom stereocenters. The Bertz CT molecular complexity index is 989. The molecule has 0 radical (unpaired) electrons.